The molecular formula is C14H17N5O. The number of rotatable bonds is 3. The summed E-state index contributed by atoms with van der Waals surface area (Å²) in [5, 5.41) is 5.68. The molecule has 0 bridgehead atoms. The molecule has 2 N–H and O–H groups in total. The number of aryl methyl sites for hydroxylation is 1. The fraction of sp³-hybridized carbons (Fsp3) is 0.357. The lowest BCUT2D eigenvalue weighted by Crippen LogP contribution is -2.36. The summed E-state index contributed by atoms with van der Waals surface area (Å²) in [6.07, 6.45) is 9.16. The fourth-order valence-electron chi connectivity index (χ4n) is 2.45. The molecule has 2 amide bonds. The minimum absolute atomic E-state index is 0.186. The Hall–Kier alpha value is -2.37. The standard InChI is InChI=1S/C14H17N5O/c20-14(18-12-2-1-5-15-9-12)17-8-11-3-4-13-16-6-7-19(13)10-11/h1-2,5-7,9,11H,3-4,8,10H2,(H2,17,18,20). The first-order valence-electron chi connectivity index (χ1n) is 6.76. The van der Waals surface area contributed by atoms with Crippen LogP contribution in [0.2, 0.25) is 0 Å². The van der Waals surface area contributed by atoms with Crippen molar-refractivity contribution < 1.29 is 4.79 Å². The van der Waals surface area contributed by atoms with E-state index in [1.165, 1.54) is 0 Å². The lowest BCUT2D eigenvalue weighted by atomic mass is 9.99. The molecule has 1 unspecified atom stereocenters. The third kappa shape index (κ3) is 2.96. The summed E-state index contributed by atoms with van der Waals surface area (Å²) < 4.78 is 2.16. The van der Waals surface area contributed by atoms with Crippen LogP contribution in [0.5, 0.6) is 0 Å². The average molecular weight is 271 g/mol. The van der Waals surface area contributed by atoms with Gasteiger partial charge in [0.25, 0.3) is 0 Å². The van der Waals surface area contributed by atoms with Gasteiger partial charge in [0.2, 0.25) is 0 Å². The summed E-state index contributed by atoms with van der Waals surface area (Å²) in [5.41, 5.74) is 0.700. The second-order valence-electron chi connectivity index (χ2n) is 4.98. The molecule has 2 aromatic rings. The molecule has 6 nitrogen and oxygen atoms in total. The van der Waals surface area contributed by atoms with Gasteiger partial charge in [-0.25, -0.2) is 9.78 Å². The molecule has 0 spiro atoms. The molecular weight excluding hydrogens is 254 g/mol. The smallest absolute Gasteiger partial charge is 0.319 e. The number of hydrogen-bond donors (Lipinski definition) is 2. The number of carbonyl (C=O) groups excluding carboxylic acids is 1. The molecule has 0 aromatic carbocycles. The SMILES string of the molecule is O=C(NCC1CCc2nccn2C1)Nc1cccnc1. The molecule has 3 rings (SSSR count). The summed E-state index contributed by atoms with van der Waals surface area (Å²) in [6, 6.07) is 3.41. The molecule has 104 valence electrons. The number of urea groups is 1. The fourth-order valence-corrected chi connectivity index (χ4v) is 2.45. The third-order valence-electron chi connectivity index (χ3n) is 3.50. The van der Waals surface area contributed by atoms with Gasteiger partial charge in [0, 0.05) is 38.1 Å². The minimum Gasteiger partial charge on any atom is -0.338 e. The van der Waals surface area contributed by atoms with Crippen molar-refractivity contribution in [3.05, 3.63) is 42.7 Å². The second-order valence-corrected chi connectivity index (χ2v) is 4.98. The Balaban J connectivity index is 1.47. The predicted octanol–water partition coefficient (Wildman–Crippen LogP) is 1.66. The van der Waals surface area contributed by atoms with Crippen LogP contribution >= 0.6 is 0 Å². The first-order valence-corrected chi connectivity index (χ1v) is 6.76. The Kier molecular flexibility index (Phi) is 3.62. The summed E-state index contributed by atoms with van der Waals surface area (Å²) in [7, 11) is 0. The number of amides is 2. The molecule has 0 saturated carbocycles. The maximum atomic E-state index is 11.8. The van der Waals surface area contributed by atoms with Crippen LogP contribution in [0.25, 0.3) is 0 Å². The number of fused-ring (bicyclic) bond motifs is 1. The molecule has 1 aliphatic rings. The predicted molar refractivity (Wildman–Crippen MR) is 75.3 cm³/mol. The normalized spacial score (nSPS) is 17.3. The van der Waals surface area contributed by atoms with Gasteiger partial charge in [-0.2, -0.15) is 0 Å². The maximum absolute atomic E-state index is 11.8. The molecule has 0 fully saturated rings. The van der Waals surface area contributed by atoms with Gasteiger partial charge in [0.05, 0.1) is 11.9 Å². The number of hydrogen-bond acceptors (Lipinski definition) is 3. The van der Waals surface area contributed by atoms with E-state index in [1.54, 1.807) is 18.5 Å². The maximum Gasteiger partial charge on any atom is 0.319 e. The van der Waals surface area contributed by atoms with E-state index in [0.29, 0.717) is 18.2 Å². The van der Waals surface area contributed by atoms with Crippen molar-refractivity contribution in [1.82, 2.24) is 19.9 Å². The Labute approximate surface area is 117 Å². The first kappa shape index (κ1) is 12.7. The number of aromatic nitrogens is 3. The van der Waals surface area contributed by atoms with E-state index >= 15 is 0 Å². The topological polar surface area (TPSA) is 71.8 Å². The van der Waals surface area contributed by atoms with Gasteiger partial charge in [-0.15, -0.1) is 0 Å². The van der Waals surface area contributed by atoms with Crippen molar-refractivity contribution in [2.45, 2.75) is 19.4 Å². The highest BCUT2D eigenvalue weighted by Gasteiger charge is 2.19. The summed E-state index contributed by atoms with van der Waals surface area (Å²) in [6.45, 7) is 1.59. The van der Waals surface area contributed by atoms with E-state index in [0.717, 1.165) is 25.2 Å². The van der Waals surface area contributed by atoms with Gasteiger partial charge >= 0.3 is 6.03 Å². The Morgan fingerprint density at radius 3 is 3.25 bits per heavy atom. The van der Waals surface area contributed by atoms with Gasteiger partial charge in [0.1, 0.15) is 5.82 Å². The Morgan fingerprint density at radius 2 is 2.40 bits per heavy atom. The number of nitrogens with one attached hydrogen (secondary N) is 2. The monoisotopic (exact) mass is 271 g/mol. The number of carbonyl (C=O) groups is 1. The van der Waals surface area contributed by atoms with Crippen LogP contribution in [0.1, 0.15) is 12.2 Å². The highest BCUT2D eigenvalue weighted by molar-refractivity contribution is 5.88. The van der Waals surface area contributed by atoms with Crippen molar-refractivity contribution in [2.75, 3.05) is 11.9 Å². The average Bonchev–Trinajstić information content (AvgIpc) is 2.93. The number of anilines is 1. The van der Waals surface area contributed by atoms with Gasteiger partial charge in [-0.3, -0.25) is 4.98 Å². The molecule has 0 radical (unpaired) electrons. The van der Waals surface area contributed by atoms with Crippen LogP contribution in [0.3, 0.4) is 0 Å². The Morgan fingerprint density at radius 1 is 1.45 bits per heavy atom. The zero-order chi connectivity index (χ0) is 13.8. The van der Waals surface area contributed by atoms with Crippen LogP contribution in [-0.2, 0) is 13.0 Å². The number of pyridine rings is 1. The van der Waals surface area contributed by atoms with Gasteiger partial charge in [-0.1, -0.05) is 0 Å². The largest absolute Gasteiger partial charge is 0.338 e. The molecule has 1 aliphatic heterocycles. The van der Waals surface area contributed by atoms with Crippen LogP contribution < -0.4 is 10.6 Å². The molecule has 0 saturated heterocycles. The lowest BCUT2D eigenvalue weighted by Gasteiger charge is -2.23. The third-order valence-corrected chi connectivity index (χ3v) is 3.50. The number of imidazole rings is 1. The molecule has 1 atom stereocenters. The minimum atomic E-state index is -0.186. The van der Waals surface area contributed by atoms with Gasteiger partial charge < -0.3 is 15.2 Å². The second kappa shape index (κ2) is 5.73. The highest BCUT2D eigenvalue weighted by Crippen LogP contribution is 2.17. The van der Waals surface area contributed by atoms with Gasteiger partial charge in [0.15, 0.2) is 0 Å². The summed E-state index contributed by atoms with van der Waals surface area (Å²) in [4.78, 5) is 20.0. The first-order chi connectivity index (χ1) is 9.81. The van der Waals surface area contributed by atoms with E-state index in [2.05, 4.69) is 25.2 Å². The summed E-state index contributed by atoms with van der Waals surface area (Å²) >= 11 is 0. The zero-order valence-electron chi connectivity index (χ0n) is 11.1. The van der Waals surface area contributed by atoms with E-state index in [1.807, 2.05) is 18.5 Å². The van der Waals surface area contributed by atoms with Crippen molar-refractivity contribution >= 4 is 11.7 Å². The van der Waals surface area contributed by atoms with Crippen LogP contribution in [-0.4, -0.2) is 27.1 Å². The molecule has 2 aromatic heterocycles. The molecule has 0 aliphatic carbocycles. The molecule has 20 heavy (non-hydrogen) atoms. The van der Waals surface area contributed by atoms with Crippen LogP contribution in [0.15, 0.2) is 36.9 Å². The highest BCUT2D eigenvalue weighted by atomic mass is 16.2. The van der Waals surface area contributed by atoms with E-state index in [9.17, 15) is 4.79 Å². The zero-order valence-corrected chi connectivity index (χ0v) is 11.1. The number of nitrogens with zero attached hydrogens (tertiary/aromatic N) is 3. The van der Waals surface area contributed by atoms with Crippen molar-refractivity contribution in [3.8, 4) is 0 Å². The van der Waals surface area contributed by atoms with E-state index in [-0.39, 0.29) is 6.03 Å². The molecule has 3 heterocycles. The molecule has 6 heteroatoms. The van der Waals surface area contributed by atoms with E-state index in [4.69, 9.17) is 0 Å². The van der Waals surface area contributed by atoms with Crippen LogP contribution in [0, 0.1) is 5.92 Å². The van der Waals surface area contributed by atoms with Crippen molar-refractivity contribution in [2.24, 2.45) is 5.92 Å². The Bertz CT molecular complexity index is 580. The van der Waals surface area contributed by atoms with E-state index < -0.39 is 0 Å². The van der Waals surface area contributed by atoms with Gasteiger partial charge in [-0.05, 0) is 24.5 Å². The van der Waals surface area contributed by atoms with Crippen molar-refractivity contribution in [1.29, 1.82) is 0 Å². The summed E-state index contributed by atoms with van der Waals surface area (Å²) in [5.74, 6) is 1.59. The quantitative estimate of drug-likeness (QED) is 0.891. The van der Waals surface area contributed by atoms with Crippen molar-refractivity contribution in [3.63, 3.8) is 0 Å². The van der Waals surface area contributed by atoms with Crippen LogP contribution in [0.4, 0.5) is 10.5 Å². The lowest BCUT2D eigenvalue weighted by molar-refractivity contribution is 0.247.